The van der Waals surface area contributed by atoms with Crippen LogP contribution in [0.1, 0.15) is 41.5 Å². The number of hydrogen-bond donors (Lipinski definition) is 2. The number of carboxylic acid groups (broad SMARTS) is 1. The molecule has 1 heterocycles. The highest BCUT2D eigenvalue weighted by Crippen LogP contribution is 2.47. The molecule has 5 rings (SSSR count). The molecule has 34 heavy (non-hydrogen) atoms. The van der Waals surface area contributed by atoms with Crippen molar-refractivity contribution in [2.75, 3.05) is 0 Å². The van der Waals surface area contributed by atoms with E-state index in [2.05, 4.69) is 10.2 Å². The van der Waals surface area contributed by atoms with Crippen molar-refractivity contribution in [3.8, 4) is 0 Å². The van der Waals surface area contributed by atoms with Crippen LogP contribution in [-0.4, -0.2) is 21.3 Å². The molecule has 0 saturated heterocycles. The van der Waals surface area contributed by atoms with E-state index in [1.165, 1.54) is 0 Å². The largest absolute Gasteiger partial charge is 0.478 e. The highest BCUT2D eigenvalue weighted by Gasteiger charge is 2.28. The second-order valence-corrected chi connectivity index (χ2v) is 8.87. The number of aliphatic carboxylic acids is 1. The van der Waals surface area contributed by atoms with Gasteiger partial charge < -0.3 is 5.11 Å². The molecule has 0 unspecified atom stereocenters. The predicted molar refractivity (Wildman–Crippen MR) is 134 cm³/mol. The lowest BCUT2D eigenvalue weighted by molar-refractivity contribution is -0.131. The van der Waals surface area contributed by atoms with Gasteiger partial charge >= 0.3 is 5.97 Å². The highest BCUT2D eigenvalue weighted by molar-refractivity contribution is 6.32. The lowest BCUT2D eigenvalue weighted by Crippen LogP contribution is -2.15. The van der Waals surface area contributed by atoms with Crippen LogP contribution in [0, 0.1) is 11.9 Å². The molecule has 4 aromatic rings. The summed E-state index contributed by atoms with van der Waals surface area (Å²) in [5.41, 5.74) is 6.30. The Morgan fingerprint density at radius 1 is 1.06 bits per heavy atom. The van der Waals surface area contributed by atoms with Crippen LogP contribution in [0.25, 0.3) is 28.1 Å². The molecular formula is C28H22ClFN2O2. The molecule has 1 fully saturated rings. The van der Waals surface area contributed by atoms with E-state index in [4.69, 9.17) is 16.7 Å². The van der Waals surface area contributed by atoms with Gasteiger partial charge in [0, 0.05) is 11.1 Å². The molecule has 0 amide bonds. The van der Waals surface area contributed by atoms with Crippen molar-refractivity contribution in [3.05, 3.63) is 106 Å². The summed E-state index contributed by atoms with van der Waals surface area (Å²) in [7, 11) is 0. The number of aromatic nitrogens is 2. The zero-order valence-electron chi connectivity index (χ0n) is 18.3. The van der Waals surface area contributed by atoms with Gasteiger partial charge in [0.2, 0.25) is 5.95 Å². The van der Waals surface area contributed by atoms with Crippen LogP contribution < -0.4 is 0 Å². The Morgan fingerprint density at radius 2 is 1.79 bits per heavy atom. The highest BCUT2D eigenvalue weighted by atomic mass is 35.5. The van der Waals surface area contributed by atoms with Gasteiger partial charge in [0.15, 0.2) is 0 Å². The number of halogens is 2. The molecule has 1 aromatic heterocycles. The van der Waals surface area contributed by atoms with Crippen LogP contribution in [0.2, 0.25) is 5.02 Å². The van der Waals surface area contributed by atoms with Crippen LogP contribution in [0.5, 0.6) is 0 Å². The molecule has 170 valence electrons. The van der Waals surface area contributed by atoms with E-state index in [9.17, 15) is 9.18 Å². The fourth-order valence-corrected chi connectivity index (χ4v) is 4.71. The van der Waals surface area contributed by atoms with Crippen molar-refractivity contribution in [2.24, 2.45) is 5.92 Å². The van der Waals surface area contributed by atoms with Crippen LogP contribution in [-0.2, 0) is 4.79 Å². The molecule has 0 spiro atoms. The minimum absolute atomic E-state index is 0.339. The average molecular weight is 473 g/mol. The maximum absolute atomic E-state index is 14.4. The van der Waals surface area contributed by atoms with Gasteiger partial charge in [0.25, 0.3) is 0 Å². The molecule has 6 heteroatoms. The number of aromatic amines is 1. The van der Waals surface area contributed by atoms with E-state index in [1.54, 1.807) is 6.08 Å². The Kier molecular flexibility index (Phi) is 6.03. The van der Waals surface area contributed by atoms with Gasteiger partial charge in [0.05, 0.1) is 10.9 Å². The first-order chi connectivity index (χ1) is 16.5. The SMILES string of the molecule is O=C(O)/C=C/c1ccc(C(=C(c2ccccc2Cl)C2CCC2)c2ccc3n[nH]c(F)c3c2)cc1. The molecule has 4 nitrogen and oxygen atoms in total. The third kappa shape index (κ3) is 4.27. The summed E-state index contributed by atoms with van der Waals surface area (Å²) in [6, 6.07) is 21.2. The fourth-order valence-electron chi connectivity index (χ4n) is 4.48. The number of H-pyrrole nitrogens is 1. The Hall–Kier alpha value is -3.70. The van der Waals surface area contributed by atoms with E-state index in [-0.39, 0.29) is 0 Å². The normalized spacial score (nSPS) is 14.9. The van der Waals surface area contributed by atoms with Crippen molar-refractivity contribution in [1.29, 1.82) is 0 Å². The number of rotatable bonds is 6. The third-order valence-electron chi connectivity index (χ3n) is 6.36. The van der Waals surface area contributed by atoms with Crippen molar-refractivity contribution >= 4 is 45.7 Å². The summed E-state index contributed by atoms with van der Waals surface area (Å²) < 4.78 is 14.4. The standard InChI is InChI=1S/C28H22ClFN2O2/c29-23-7-2-1-6-21(23)27(18-4-3-5-18)26(19-11-8-17(9-12-19)10-15-25(33)34)20-13-14-24-22(16-20)28(30)32-31-24/h1-2,6-16,18H,3-5H2,(H,31,32)(H,33,34)/b15-10+,27-26?. The Labute approximate surface area is 201 Å². The van der Waals surface area contributed by atoms with Crippen molar-refractivity contribution in [1.82, 2.24) is 10.2 Å². The van der Waals surface area contributed by atoms with Gasteiger partial charge in [-0.1, -0.05) is 66.6 Å². The van der Waals surface area contributed by atoms with Crippen LogP contribution in [0.15, 0.2) is 72.8 Å². The van der Waals surface area contributed by atoms with Gasteiger partial charge in [0.1, 0.15) is 0 Å². The van der Waals surface area contributed by atoms with Crippen LogP contribution in [0.4, 0.5) is 4.39 Å². The number of allylic oxidation sites excluding steroid dienone is 1. The maximum Gasteiger partial charge on any atom is 0.328 e. The van der Waals surface area contributed by atoms with E-state index < -0.39 is 11.9 Å². The average Bonchev–Trinajstić information content (AvgIpc) is 3.17. The van der Waals surface area contributed by atoms with E-state index in [0.29, 0.717) is 21.8 Å². The topological polar surface area (TPSA) is 66.0 Å². The molecule has 1 aliphatic rings. The van der Waals surface area contributed by atoms with Gasteiger partial charge in [-0.2, -0.15) is 9.49 Å². The van der Waals surface area contributed by atoms with Crippen molar-refractivity contribution < 1.29 is 14.3 Å². The minimum atomic E-state index is -0.994. The number of fused-ring (bicyclic) bond motifs is 1. The summed E-state index contributed by atoms with van der Waals surface area (Å²) in [6.45, 7) is 0. The summed E-state index contributed by atoms with van der Waals surface area (Å²) in [5, 5.41) is 16.5. The Balaban J connectivity index is 1.76. The first-order valence-electron chi connectivity index (χ1n) is 11.2. The second-order valence-electron chi connectivity index (χ2n) is 8.46. The van der Waals surface area contributed by atoms with Crippen molar-refractivity contribution in [3.63, 3.8) is 0 Å². The van der Waals surface area contributed by atoms with Gasteiger partial charge in [-0.05, 0) is 76.4 Å². The summed E-state index contributed by atoms with van der Waals surface area (Å²) in [4.78, 5) is 10.9. The summed E-state index contributed by atoms with van der Waals surface area (Å²) >= 11 is 6.69. The van der Waals surface area contributed by atoms with E-state index >= 15 is 0 Å². The van der Waals surface area contributed by atoms with Crippen LogP contribution in [0.3, 0.4) is 0 Å². The number of benzene rings is 3. The molecule has 0 bridgehead atoms. The zero-order chi connectivity index (χ0) is 23.7. The predicted octanol–water partition coefficient (Wildman–Crippen LogP) is 7.21. The molecular weight excluding hydrogens is 451 g/mol. The lowest BCUT2D eigenvalue weighted by Gasteiger charge is -2.32. The molecule has 0 atom stereocenters. The number of carbonyl (C=O) groups is 1. The smallest absolute Gasteiger partial charge is 0.328 e. The lowest BCUT2D eigenvalue weighted by atomic mass is 9.73. The second kappa shape index (κ2) is 9.27. The first kappa shape index (κ1) is 22.1. The first-order valence-corrected chi connectivity index (χ1v) is 11.5. The molecule has 0 radical (unpaired) electrons. The summed E-state index contributed by atoms with van der Waals surface area (Å²) in [5.74, 6) is -1.12. The molecule has 1 aliphatic carbocycles. The Morgan fingerprint density at radius 3 is 2.47 bits per heavy atom. The van der Waals surface area contributed by atoms with Crippen LogP contribution >= 0.6 is 11.6 Å². The van der Waals surface area contributed by atoms with Gasteiger partial charge in [-0.3, -0.25) is 5.10 Å². The molecule has 3 aromatic carbocycles. The maximum atomic E-state index is 14.4. The van der Waals surface area contributed by atoms with Crippen molar-refractivity contribution in [2.45, 2.75) is 19.3 Å². The Bertz CT molecular complexity index is 1430. The molecule has 1 saturated carbocycles. The third-order valence-corrected chi connectivity index (χ3v) is 6.69. The number of hydrogen-bond acceptors (Lipinski definition) is 2. The van der Waals surface area contributed by atoms with Gasteiger partial charge in [-0.25, -0.2) is 4.79 Å². The quantitative estimate of drug-likeness (QED) is 0.230. The number of nitrogens with one attached hydrogen (secondary N) is 1. The van der Waals surface area contributed by atoms with Gasteiger partial charge in [-0.15, -0.1) is 0 Å². The van der Waals surface area contributed by atoms with E-state index in [0.717, 1.165) is 58.7 Å². The minimum Gasteiger partial charge on any atom is -0.478 e. The fraction of sp³-hybridized carbons (Fsp3) is 0.143. The molecule has 2 N–H and O–H groups in total. The summed E-state index contributed by atoms with van der Waals surface area (Å²) in [6.07, 6.45) is 5.95. The van der Waals surface area contributed by atoms with E-state index in [1.807, 2.05) is 66.7 Å². The zero-order valence-corrected chi connectivity index (χ0v) is 19.0. The monoisotopic (exact) mass is 472 g/mol. The number of nitrogens with zero attached hydrogens (tertiary/aromatic N) is 1. The molecule has 0 aliphatic heterocycles. The number of carboxylic acids is 1.